The summed E-state index contributed by atoms with van der Waals surface area (Å²) in [6.07, 6.45) is 1.84. The summed E-state index contributed by atoms with van der Waals surface area (Å²) in [6, 6.07) is 5.64. The standard InChI is InChI=1S/C16H21BN2O4/c1-15(2)16(3,4)23-17(22-15)11(9-20)7-10-5-6-13-12(8-10)19-14(18)21-13/h5-8,20H,9H2,1-4H3,(H2,18,19). The Morgan fingerprint density at radius 3 is 2.52 bits per heavy atom. The second-order valence-corrected chi connectivity index (χ2v) is 6.74. The van der Waals surface area contributed by atoms with E-state index in [0.717, 1.165) is 5.56 Å². The maximum absolute atomic E-state index is 9.72. The van der Waals surface area contributed by atoms with Crippen molar-refractivity contribution in [2.75, 3.05) is 12.3 Å². The Morgan fingerprint density at radius 1 is 1.26 bits per heavy atom. The van der Waals surface area contributed by atoms with E-state index >= 15 is 0 Å². The molecule has 0 atom stereocenters. The number of aromatic nitrogens is 1. The monoisotopic (exact) mass is 316 g/mol. The van der Waals surface area contributed by atoms with Gasteiger partial charge in [0.05, 0.1) is 17.8 Å². The average Bonchev–Trinajstić information content (AvgIpc) is 2.91. The zero-order valence-corrected chi connectivity index (χ0v) is 13.8. The molecule has 2 aromatic rings. The lowest BCUT2D eigenvalue weighted by Crippen LogP contribution is -2.41. The topological polar surface area (TPSA) is 90.7 Å². The highest BCUT2D eigenvalue weighted by atomic mass is 16.7. The Hall–Kier alpha value is -1.83. The van der Waals surface area contributed by atoms with Crippen LogP contribution < -0.4 is 5.73 Å². The number of fused-ring (bicyclic) bond motifs is 1. The first-order chi connectivity index (χ1) is 10.7. The SMILES string of the molecule is CC1(C)OB(C(=Cc2ccc3oc(N)nc3c2)CO)OC1(C)C. The van der Waals surface area contributed by atoms with E-state index in [1.807, 2.05) is 45.9 Å². The molecule has 0 saturated carbocycles. The molecular weight excluding hydrogens is 295 g/mol. The second kappa shape index (κ2) is 5.37. The van der Waals surface area contributed by atoms with Crippen molar-refractivity contribution >= 4 is 30.3 Å². The van der Waals surface area contributed by atoms with E-state index < -0.39 is 18.3 Å². The normalized spacial score (nSPS) is 20.4. The molecule has 23 heavy (non-hydrogen) atoms. The van der Waals surface area contributed by atoms with Crippen LogP contribution in [0.3, 0.4) is 0 Å². The number of nitrogen functional groups attached to an aromatic ring is 1. The van der Waals surface area contributed by atoms with E-state index in [-0.39, 0.29) is 12.6 Å². The van der Waals surface area contributed by atoms with Crippen molar-refractivity contribution in [1.29, 1.82) is 0 Å². The molecular formula is C16H21BN2O4. The molecule has 1 aromatic heterocycles. The first kappa shape index (κ1) is 16.0. The molecule has 7 heteroatoms. The van der Waals surface area contributed by atoms with Gasteiger partial charge in [0.1, 0.15) is 5.52 Å². The lowest BCUT2D eigenvalue weighted by atomic mass is 9.77. The van der Waals surface area contributed by atoms with Crippen LogP contribution in [0.15, 0.2) is 28.1 Å². The van der Waals surface area contributed by atoms with Gasteiger partial charge in [-0.05, 0) is 50.9 Å². The smallest absolute Gasteiger partial charge is 0.424 e. The average molecular weight is 316 g/mol. The van der Waals surface area contributed by atoms with Gasteiger partial charge in [-0.2, -0.15) is 4.98 Å². The fourth-order valence-electron chi connectivity index (χ4n) is 2.45. The number of nitrogens with zero attached hydrogens (tertiary/aromatic N) is 1. The Kier molecular flexibility index (Phi) is 3.75. The molecule has 1 fully saturated rings. The summed E-state index contributed by atoms with van der Waals surface area (Å²) in [5.74, 6) is 0. The van der Waals surface area contributed by atoms with Crippen molar-refractivity contribution in [3.63, 3.8) is 0 Å². The van der Waals surface area contributed by atoms with Gasteiger partial charge in [-0.3, -0.25) is 0 Å². The van der Waals surface area contributed by atoms with Crippen molar-refractivity contribution < 1.29 is 18.8 Å². The summed E-state index contributed by atoms with van der Waals surface area (Å²) in [6.45, 7) is 7.76. The number of nitrogens with two attached hydrogens (primary N) is 1. The van der Waals surface area contributed by atoms with Gasteiger partial charge in [0.15, 0.2) is 5.58 Å². The lowest BCUT2D eigenvalue weighted by molar-refractivity contribution is 0.00578. The van der Waals surface area contributed by atoms with E-state index in [1.54, 1.807) is 6.07 Å². The predicted molar refractivity (Wildman–Crippen MR) is 89.6 cm³/mol. The van der Waals surface area contributed by atoms with E-state index in [1.165, 1.54) is 0 Å². The van der Waals surface area contributed by atoms with Crippen LogP contribution in [0.2, 0.25) is 0 Å². The molecule has 1 saturated heterocycles. The van der Waals surface area contributed by atoms with Crippen LogP contribution in [0.4, 0.5) is 6.01 Å². The molecule has 3 rings (SSSR count). The first-order valence-corrected chi connectivity index (χ1v) is 7.55. The first-order valence-electron chi connectivity index (χ1n) is 7.55. The van der Waals surface area contributed by atoms with Gasteiger partial charge < -0.3 is 24.6 Å². The summed E-state index contributed by atoms with van der Waals surface area (Å²) in [7, 11) is -0.580. The summed E-state index contributed by atoms with van der Waals surface area (Å²) < 4.78 is 17.2. The molecule has 0 unspecified atom stereocenters. The predicted octanol–water partition coefficient (Wildman–Crippen LogP) is 2.42. The second-order valence-electron chi connectivity index (χ2n) is 6.74. The Balaban J connectivity index is 1.92. The maximum atomic E-state index is 9.72. The molecule has 2 heterocycles. The minimum absolute atomic E-state index is 0.134. The van der Waals surface area contributed by atoms with Gasteiger partial charge >= 0.3 is 7.12 Å². The van der Waals surface area contributed by atoms with Crippen LogP contribution in [0.25, 0.3) is 17.2 Å². The highest BCUT2D eigenvalue weighted by Crippen LogP contribution is 2.38. The van der Waals surface area contributed by atoms with Gasteiger partial charge in [0.25, 0.3) is 6.01 Å². The zero-order valence-electron chi connectivity index (χ0n) is 13.8. The third kappa shape index (κ3) is 2.87. The molecule has 1 aliphatic rings. The van der Waals surface area contributed by atoms with Crippen LogP contribution in [-0.2, 0) is 9.31 Å². The number of aliphatic hydroxyl groups excluding tert-OH is 1. The number of hydrogen-bond acceptors (Lipinski definition) is 6. The molecule has 0 bridgehead atoms. The quantitative estimate of drug-likeness (QED) is 0.845. The van der Waals surface area contributed by atoms with Crippen molar-refractivity contribution in [2.24, 2.45) is 0 Å². The van der Waals surface area contributed by atoms with Gasteiger partial charge in [-0.25, -0.2) is 0 Å². The highest BCUT2D eigenvalue weighted by molar-refractivity contribution is 6.55. The summed E-state index contributed by atoms with van der Waals surface area (Å²) in [4.78, 5) is 4.11. The molecule has 0 spiro atoms. The molecule has 1 aromatic carbocycles. The maximum Gasteiger partial charge on any atom is 0.492 e. The van der Waals surface area contributed by atoms with Crippen LogP contribution in [-0.4, -0.2) is 35.0 Å². The van der Waals surface area contributed by atoms with Gasteiger partial charge in [0, 0.05) is 0 Å². The zero-order chi connectivity index (χ0) is 16.8. The molecule has 1 aliphatic heterocycles. The number of aliphatic hydroxyl groups is 1. The van der Waals surface area contributed by atoms with Crippen LogP contribution >= 0.6 is 0 Å². The third-order valence-electron chi connectivity index (χ3n) is 4.52. The largest absolute Gasteiger partial charge is 0.492 e. The van der Waals surface area contributed by atoms with Crippen LogP contribution in [0.5, 0.6) is 0 Å². The minimum Gasteiger partial charge on any atom is -0.424 e. The number of benzene rings is 1. The number of anilines is 1. The molecule has 3 N–H and O–H groups in total. The van der Waals surface area contributed by atoms with Crippen LogP contribution in [0, 0.1) is 0 Å². The number of hydrogen-bond donors (Lipinski definition) is 2. The Bertz CT molecular complexity index is 751. The summed E-state index contributed by atoms with van der Waals surface area (Å²) in [5.41, 5.74) is 7.47. The Morgan fingerprint density at radius 2 is 1.91 bits per heavy atom. The highest BCUT2D eigenvalue weighted by Gasteiger charge is 2.52. The summed E-state index contributed by atoms with van der Waals surface area (Å²) in [5, 5.41) is 9.72. The lowest BCUT2D eigenvalue weighted by Gasteiger charge is -2.32. The number of rotatable bonds is 3. The molecule has 0 amide bonds. The van der Waals surface area contributed by atoms with Gasteiger partial charge in [-0.1, -0.05) is 12.1 Å². The Labute approximate surface area is 135 Å². The molecule has 122 valence electrons. The number of oxazole rings is 1. The van der Waals surface area contributed by atoms with Crippen molar-refractivity contribution in [3.05, 3.63) is 29.2 Å². The van der Waals surface area contributed by atoms with Gasteiger partial charge in [0.2, 0.25) is 0 Å². The van der Waals surface area contributed by atoms with Crippen molar-refractivity contribution in [3.8, 4) is 0 Å². The summed E-state index contributed by atoms with van der Waals surface area (Å²) >= 11 is 0. The van der Waals surface area contributed by atoms with Crippen LogP contribution in [0.1, 0.15) is 33.3 Å². The van der Waals surface area contributed by atoms with E-state index in [4.69, 9.17) is 19.5 Å². The molecule has 0 radical (unpaired) electrons. The van der Waals surface area contributed by atoms with E-state index in [2.05, 4.69) is 4.98 Å². The minimum atomic E-state index is -0.580. The van der Waals surface area contributed by atoms with E-state index in [9.17, 15) is 5.11 Å². The van der Waals surface area contributed by atoms with Gasteiger partial charge in [-0.15, -0.1) is 0 Å². The molecule has 6 nitrogen and oxygen atoms in total. The van der Waals surface area contributed by atoms with E-state index in [0.29, 0.717) is 16.6 Å². The molecule has 0 aliphatic carbocycles. The van der Waals surface area contributed by atoms with Crippen molar-refractivity contribution in [1.82, 2.24) is 4.98 Å². The fraction of sp³-hybridized carbons (Fsp3) is 0.438. The fourth-order valence-corrected chi connectivity index (χ4v) is 2.45. The van der Waals surface area contributed by atoms with Crippen molar-refractivity contribution in [2.45, 2.75) is 38.9 Å². The third-order valence-corrected chi connectivity index (χ3v) is 4.52.